The molecule has 0 rings (SSSR count). The van der Waals surface area contributed by atoms with Crippen molar-refractivity contribution >= 4 is 11.9 Å². The van der Waals surface area contributed by atoms with Crippen LogP contribution in [0, 0.1) is 0 Å². The van der Waals surface area contributed by atoms with Crippen molar-refractivity contribution in [2.24, 2.45) is 0 Å². The summed E-state index contributed by atoms with van der Waals surface area (Å²) in [7, 11) is 0. The number of hydrogen-bond donors (Lipinski definition) is 3. The highest BCUT2D eigenvalue weighted by molar-refractivity contribution is 5.76. The predicted molar refractivity (Wildman–Crippen MR) is 352 cm³/mol. The first-order valence-electron chi connectivity index (χ1n) is 37.3. The molecule has 0 saturated carbocycles. The lowest BCUT2D eigenvalue weighted by molar-refractivity contribution is -0.143. The Balaban J connectivity index is 3.34. The van der Waals surface area contributed by atoms with E-state index in [2.05, 4.69) is 19.2 Å². The molecule has 6 heteroatoms. The molecular weight excluding hydrogens is 983 g/mol. The molecule has 0 aliphatic carbocycles. The van der Waals surface area contributed by atoms with Crippen LogP contribution in [0.5, 0.6) is 0 Å². The quantitative estimate of drug-likeness (QED) is 0.0417. The van der Waals surface area contributed by atoms with Crippen molar-refractivity contribution < 1.29 is 24.5 Å². The number of rotatable bonds is 71. The molecule has 0 aromatic carbocycles. The maximum absolute atomic E-state index is 12.6. The van der Waals surface area contributed by atoms with Crippen molar-refractivity contribution in [3.8, 4) is 0 Å². The zero-order valence-electron chi connectivity index (χ0n) is 54.9. The van der Waals surface area contributed by atoms with Gasteiger partial charge in [-0.05, 0) is 25.7 Å². The summed E-state index contributed by atoms with van der Waals surface area (Å²) in [5.41, 5.74) is 0. The molecule has 0 aromatic rings. The van der Waals surface area contributed by atoms with Crippen molar-refractivity contribution in [3.05, 3.63) is 0 Å². The highest BCUT2D eigenvalue weighted by atomic mass is 16.5. The number of esters is 1. The third kappa shape index (κ3) is 66.0. The fourth-order valence-electron chi connectivity index (χ4n) is 12.2. The normalized spacial score (nSPS) is 12.4. The lowest BCUT2D eigenvalue weighted by Gasteiger charge is -2.22. The fraction of sp³-hybridized carbons (Fsp3) is 0.973. The van der Waals surface area contributed by atoms with Gasteiger partial charge in [0, 0.05) is 12.8 Å². The van der Waals surface area contributed by atoms with Crippen LogP contribution in [0.25, 0.3) is 0 Å². The van der Waals surface area contributed by atoms with E-state index in [1.54, 1.807) is 0 Å². The fourth-order valence-corrected chi connectivity index (χ4v) is 12.2. The zero-order valence-corrected chi connectivity index (χ0v) is 54.9. The molecule has 0 bridgehead atoms. The minimum Gasteiger partial charge on any atom is -0.466 e. The van der Waals surface area contributed by atoms with Gasteiger partial charge in [0.1, 0.15) is 0 Å². The van der Waals surface area contributed by atoms with Gasteiger partial charge in [0.25, 0.3) is 0 Å². The van der Waals surface area contributed by atoms with Crippen LogP contribution in [0.1, 0.15) is 438 Å². The second kappa shape index (κ2) is 70.3. The van der Waals surface area contributed by atoms with E-state index in [9.17, 15) is 19.8 Å². The van der Waals surface area contributed by atoms with Crippen LogP contribution in [0.2, 0.25) is 0 Å². The van der Waals surface area contributed by atoms with Crippen LogP contribution in [0.4, 0.5) is 0 Å². The predicted octanol–water partition coefficient (Wildman–Crippen LogP) is 24.2. The van der Waals surface area contributed by atoms with Crippen LogP contribution in [0.15, 0.2) is 0 Å². The molecular formula is C74H147NO5. The second-order valence-corrected chi connectivity index (χ2v) is 26.0. The van der Waals surface area contributed by atoms with Gasteiger partial charge in [-0.3, -0.25) is 9.59 Å². The topological polar surface area (TPSA) is 95.9 Å². The van der Waals surface area contributed by atoms with Gasteiger partial charge in [-0.1, -0.05) is 399 Å². The van der Waals surface area contributed by atoms with Gasteiger partial charge in [-0.2, -0.15) is 0 Å². The van der Waals surface area contributed by atoms with E-state index in [4.69, 9.17) is 4.74 Å². The van der Waals surface area contributed by atoms with E-state index >= 15 is 0 Å². The number of amides is 1. The summed E-state index contributed by atoms with van der Waals surface area (Å²) < 4.78 is 5.51. The Morgan fingerprint density at radius 2 is 0.512 bits per heavy atom. The number of aliphatic hydroxyl groups excluding tert-OH is 2. The largest absolute Gasteiger partial charge is 0.466 e. The first-order valence-corrected chi connectivity index (χ1v) is 37.3. The Bertz CT molecular complexity index is 1160. The van der Waals surface area contributed by atoms with E-state index in [1.165, 1.54) is 366 Å². The van der Waals surface area contributed by atoms with Gasteiger partial charge in [0.2, 0.25) is 5.91 Å². The zero-order chi connectivity index (χ0) is 57.8. The monoisotopic (exact) mass is 1130 g/mol. The molecule has 0 radical (unpaired) electrons. The van der Waals surface area contributed by atoms with Gasteiger partial charge >= 0.3 is 5.97 Å². The Labute approximate surface area is 502 Å². The average molecular weight is 1130 g/mol. The number of aliphatic hydroxyl groups is 2. The van der Waals surface area contributed by atoms with Crippen molar-refractivity contribution in [1.29, 1.82) is 0 Å². The average Bonchev–Trinajstić information content (AvgIpc) is 3.46. The summed E-state index contributed by atoms with van der Waals surface area (Å²) in [5.74, 6) is -0.00644. The summed E-state index contributed by atoms with van der Waals surface area (Å²) in [6.45, 7) is 5.01. The molecule has 0 aromatic heterocycles. The molecule has 3 N–H and O–H groups in total. The number of unbranched alkanes of at least 4 members (excludes halogenated alkanes) is 60. The number of hydrogen-bond acceptors (Lipinski definition) is 5. The number of ether oxygens (including phenoxy) is 1. The van der Waals surface area contributed by atoms with Crippen LogP contribution in [-0.2, 0) is 14.3 Å². The van der Waals surface area contributed by atoms with Crippen molar-refractivity contribution in [3.63, 3.8) is 0 Å². The van der Waals surface area contributed by atoms with Crippen LogP contribution >= 0.6 is 0 Å². The van der Waals surface area contributed by atoms with Gasteiger partial charge in [0.05, 0.1) is 25.4 Å². The summed E-state index contributed by atoms with van der Waals surface area (Å²) in [4.78, 5) is 24.7. The molecule has 0 aliphatic rings. The first kappa shape index (κ1) is 78.9. The Morgan fingerprint density at radius 3 is 0.762 bits per heavy atom. The molecule has 2 atom stereocenters. The molecule has 1 amide bonds. The van der Waals surface area contributed by atoms with Crippen LogP contribution in [-0.4, -0.2) is 47.4 Å². The van der Waals surface area contributed by atoms with Gasteiger partial charge in [-0.15, -0.1) is 0 Å². The molecule has 0 fully saturated rings. The number of carbonyl (C=O) groups excluding carboxylic acids is 2. The van der Waals surface area contributed by atoms with Crippen molar-refractivity contribution in [2.75, 3.05) is 13.2 Å². The van der Waals surface area contributed by atoms with Gasteiger partial charge in [0.15, 0.2) is 0 Å². The lowest BCUT2D eigenvalue weighted by Crippen LogP contribution is -2.45. The first-order chi connectivity index (χ1) is 39.5. The molecule has 0 aliphatic heterocycles. The lowest BCUT2D eigenvalue weighted by atomic mass is 10.0. The van der Waals surface area contributed by atoms with E-state index < -0.39 is 12.1 Å². The Kier molecular flexibility index (Phi) is 69.3. The maximum atomic E-state index is 12.6. The van der Waals surface area contributed by atoms with Crippen LogP contribution < -0.4 is 5.32 Å². The maximum Gasteiger partial charge on any atom is 0.305 e. The highest BCUT2D eigenvalue weighted by Crippen LogP contribution is 2.20. The molecule has 6 nitrogen and oxygen atoms in total. The van der Waals surface area contributed by atoms with Crippen molar-refractivity contribution in [2.45, 2.75) is 450 Å². The Hall–Kier alpha value is -1.14. The molecule has 0 spiro atoms. The second-order valence-electron chi connectivity index (χ2n) is 26.0. The number of carbonyl (C=O) groups is 2. The molecule has 2 unspecified atom stereocenters. The summed E-state index contributed by atoms with van der Waals surface area (Å²) in [6.07, 6.45) is 85.9. The Morgan fingerprint density at radius 1 is 0.300 bits per heavy atom. The van der Waals surface area contributed by atoms with E-state index in [1.807, 2.05) is 0 Å². The SMILES string of the molecule is CCCCCCCCCCCCCCCCCCCCCCCC(O)C(CO)NC(=O)CCCCCCCCCCCCCCCCCCCCCCCCCCOC(=O)CCCCCCCCCCCCCCCCCCCC. The smallest absolute Gasteiger partial charge is 0.305 e. The highest BCUT2D eigenvalue weighted by Gasteiger charge is 2.20. The summed E-state index contributed by atoms with van der Waals surface area (Å²) >= 11 is 0. The van der Waals surface area contributed by atoms with Crippen molar-refractivity contribution in [1.82, 2.24) is 5.32 Å². The van der Waals surface area contributed by atoms with Gasteiger partial charge in [-0.25, -0.2) is 0 Å². The molecule has 0 saturated heterocycles. The third-order valence-electron chi connectivity index (χ3n) is 17.9. The standard InChI is InChI=1S/C74H147NO5/c1-3-5-7-9-11-13-15-17-19-21-23-28-31-34-38-42-46-50-54-58-62-66-72(77)71(70-76)75-73(78)67-63-59-55-51-47-43-39-35-32-29-26-24-25-27-30-33-37-41-45-49-53-57-61-65-69-80-74(79)68-64-60-56-52-48-44-40-36-22-20-18-16-14-12-10-8-6-4-2/h71-72,76-77H,3-70H2,1-2H3,(H,75,78). The van der Waals surface area contributed by atoms with Gasteiger partial charge < -0.3 is 20.3 Å². The van der Waals surface area contributed by atoms with E-state index in [-0.39, 0.29) is 18.5 Å². The van der Waals surface area contributed by atoms with E-state index in [0.717, 1.165) is 38.5 Å². The number of nitrogens with one attached hydrogen (secondary N) is 1. The van der Waals surface area contributed by atoms with Crippen LogP contribution in [0.3, 0.4) is 0 Å². The summed E-state index contributed by atoms with van der Waals surface area (Å²) in [6, 6.07) is -0.541. The minimum absolute atomic E-state index is 0.0216. The van der Waals surface area contributed by atoms with E-state index in [0.29, 0.717) is 25.9 Å². The molecule has 478 valence electrons. The third-order valence-corrected chi connectivity index (χ3v) is 17.9. The molecule has 80 heavy (non-hydrogen) atoms. The minimum atomic E-state index is -0.664. The molecule has 0 heterocycles. The summed E-state index contributed by atoms with van der Waals surface area (Å²) in [5, 5.41) is 23.4.